The zero-order valence-corrected chi connectivity index (χ0v) is 10.9. The van der Waals surface area contributed by atoms with E-state index in [9.17, 15) is 9.59 Å². The van der Waals surface area contributed by atoms with Gasteiger partial charge in [-0.25, -0.2) is 0 Å². The van der Waals surface area contributed by atoms with Crippen molar-refractivity contribution >= 4 is 11.9 Å². The molecule has 3 atom stereocenters. The fourth-order valence-corrected chi connectivity index (χ4v) is 2.32. The third kappa shape index (κ3) is 3.43. The van der Waals surface area contributed by atoms with Crippen LogP contribution in [-0.4, -0.2) is 42.8 Å². The number of rotatable bonds is 6. The van der Waals surface area contributed by atoms with Crippen LogP contribution in [0.3, 0.4) is 0 Å². The molecule has 0 spiro atoms. The molecule has 1 saturated carbocycles. The number of nitrogens with two attached hydrogens (primary N) is 1. The third-order valence-corrected chi connectivity index (χ3v) is 3.77. The first-order valence-electron chi connectivity index (χ1n) is 6.18. The Balaban J connectivity index is 2.47. The molecule has 1 fully saturated rings. The number of carboxylic acids is 1. The van der Waals surface area contributed by atoms with Crippen LogP contribution in [0.25, 0.3) is 0 Å². The topological polar surface area (TPSA) is 102 Å². The Morgan fingerprint density at radius 2 is 2.28 bits per heavy atom. The van der Waals surface area contributed by atoms with Gasteiger partial charge in [-0.15, -0.1) is 0 Å². The smallest absolute Gasteiger partial charge is 0.306 e. The van der Waals surface area contributed by atoms with Crippen molar-refractivity contribution in [3.05, 3.63) is 0 Å². The highest BCUT2D eigenvalue weighted by Gasteiger charge is 2.42. The van der Waals surface area contributed by atoms with Gasteiger partial charge in [0.2, 0.25) is 5.91 Å². The zero-order chi connectivity index (χ0) is 13.8. The van der Waals surface area contributed by atoms with E-state index in [2.05, 4.69) is 5.32 Å². The quantitative estimate of drug-likeness (QED) is 0.627. The maximum atomic E-state index is 12.1. The highest BCUT2D eigenvalue weighted by atomic mass is 16.5. The second kappa shape index (κ2) is 6.15. The maximum absolute atomic E-state index is 12.1. The molecular formula is C12H22N2O4. The summed E-state index contributed by atoms with van der Waals surface area (Å²) in [5.74, 6) is -1.06. The summed E-state index contributed by atoms with van der Waals surface area (Å²) < 4.78 is 5.01. The lowest BCUT2D eigenvalue weighted by Gasteiger charge is -2.28. The number of methoxy groups -OCH3 is 1. The van der Waals surface area contributed by atoms with Gasteiger partial charge >= 0.3 is 5.97 Å². The van der Waals surface area contributed by atoms with E-state index in [-0.39, 0.29) is 24.9 Å². The van der Waals surface area contributed by atoms with Crippen LogP contribution in [0.5, 0.6) is 0 Å². The SMILES string of the molecule is COC(CNC(=O)C1(C)CCCC1N)CC(=O)O. The monoisotopic (exact) mass is 258 g/mol. The molecule has 0 bridgehead atoms. The van der Waals surface area contributed by atoms with E-state index in [1.54, 1.807) is 0 Å². The molecule has 0 aliphatic heterocycles. The van der Waals surface area contributed by atoms with Crippen molar-refractivity contribution in [3.63, 3.8) is 0 Å². The average molecular weight is 258 g/mol. The molecule has 0 aromatic heterocycles. The molecule has 104 valence electrons. The number of aliphatic carboxylic acids is 1. The van der Waals surface area contributed by atoms with Gasteiger partial charge in [0, 0.05) is 19.7 Å². The lowest BCUT2D eigenvalue weighted by Crippen LogP contribution is -2.49. The Labute approximate surface area is 107 Å². The fraction of sp³-hybridized carbons (Fsp3) is 0.833. The van der Waals surface area contributed by atoms with E-state index in [1.165, 1.54) is 7.11 Å². The minimum atomic E-state index is -0.945. The number of carbonyl (C=O) groups is 2. The first-order chi connectivity index (χ1) is 8.40. The molecule has 0 aromatic carbocycles. The van der Waals surface area contributed by atoms with E-state index < -0.39 is 17.5 Å². The molecule has 6 nitrogen and oxygen atoms in total. The molecule has 0 radical (unpaired) electrons. The van der Waals surface area contributed by atoms with Crippen LogP contribution in [0, 0.1) is 5.41 Å². The number of carboxylic acid groups (broad SMARTS) is 1. The van der Waals surface area contributed by atoms with Crippen molar-refractivity contribution in [3.8, 4) is 0 Å². The minimum absolute atomic E-state index is 0.111. The van der Waals surface area contributed by atoms with Crippen molar-refractivity contribution < 1.29 is 19.4 Å². The van der Waals surface area contributed by atoms with Crippen molar-refractivity contribution in [2.75, 3.05) is 13.7 Å². The van der Waals surface area contributed by atoms with Gasteiger partial charge in [0.25, 0.3) is 0 Å². The molecular weight excluding hydrogens is 236 g/mol. The number of nitrogens with one attached hydrogen (secondary N) is 1. The van der Waals surface area contributed by atoms with Crippen LogP contribution in [0.1, 0.15) is 32.6 Å². The van der Waals surface area contributed by atoms with Gasteiger partial charge in [-0.2, -0.15) is 0 Å². The molecule has 18 heavy (non-hydrogen) atoms. The molecule has 1 amide bonds. The number of ether oxygens (including phenoxy) is 1. The standard InChI is InChI=1S/C12H22N2O4/c1-12(5-3-4-9(12)13)11(17)14-7-8(18-2)6-10(15)16/h8-9H,3-7,13H2,1-2H3,(H,14,17)(H,15,16). The Morgan fingerprint density at radius 1 is 1.61 bits per heavy atom. The van der Waals surface area contributed by atoms with E-state index in [1.807, 2.05) is 6.92 Å². The summed E-state index contributed by atoms with van der Waals surface area (Å²) in [6.07, 6.45) is 1.95. The Hall–Kier alpha value is -1.14. The van der Waals surface area contributed by atoms with Crippen LogP contribution in [-0.2, 0) is 14.3 Å². The van der Waals surface area contributed by atoms with Gasteiger partial charge in [0.1, 0.15) is 0 Å². The lowest BCUT2D eigenvalue weighted by molar-refractivity contribution is -0.140. The molecule has 4 N–H and O–H groups in total. The average Bonchev–Trinajstić information content (AvgIpc) is 2.65. The van der Waals surface area contributed by atoms with Crippen molar-refractivity contribution in [2.45, 2.75) is 44.8 Å². The Kier molecular flexibility index (Phi) is 5.10. The maximum Gasteiger partial charge on any atom is 0.306 e. The normalized spacial score (nSPS) is 28.9. The van der Waals surface area contributed by atoms with Gasteiger partial charge < -0.3 is 20.9 Å². The summed E-state index contributed by atoms with van der Waals surface area (Å²) in [5.41, 5.74) is 5.41. The number of hydrogen-bond donors (Lipinski definition) is 3. The summed E-state index contributed by atoms with van der Waals surface area (Å²) in [5, 5.41) is 11.4. The predicted octanol–water partition coefficient (Wildman–Crippen LogP) is 0.110. The van der Waals surface area contributed by atoms with E-state index in [4.69, 9.17) is 15.6 Å². The summed E-state index contributed by atoms with van der Waals surface area (Å²) in [4.78, 5) is 22.7. The first-order valence-corrected chi connectivity index (χ1v) is 6.18. The van der Waals surface area contributed by atoms with Crippen molar-refractivity contribution in [1.29, 1.82) is 0 Å². The van der Waals surface area contributed by atoms with Gasteiger partial charge in [0.15, 0.2) is 0 Å². The first kappa shape index (κ1) is 14.9. The van der Waals surface area contributed by atoms with Crippen LogP contribution < -0.4 is 11.1 Å². The summed E-state index contributed by atoms with van der Waals surface area (Å²) >= 11 is 0. The van der Waals surface area contributed by atoms with Crippen molar-refractivity contribution in [2.24, 2.45) is 11.1 Å². The Morgan fingerprint density at radius 3 is 2.72 bits per heavy atom. The van der Waals surface area contributed by atoms with E-state index >= 15 is 0 Å². The number of amides is 1. The third-order valence-electron chi connectivity index (χ3n) is 3.77. The van der Waals surface area contributed by atoms with Gasteiger partial charge in [-0.1, -0.05) is 6.42 Å². The van der Waals surface area contributed by atoms with Crippen LogP contribution in [0.2, 0.25) is 0 Å². The highest BCUT2D eigenvalue weighted by molar-refractivity contribution is 5.83. The number of carbonyl (C=O) groups excluding carboxylic acids is 1. The van der Waals surface area contributed by atoms with Crippen LogP contribution in [0.4, 0.5) is 0 Å². The van der Waals surface area contributed by atoms with Crippen LogP contribution >= 0.6 is 0 Å². The van der Waals surface area contributed by atoms with E-state index in [0.717, 1.165) is 19.3 Å². The fourth-order valence-electron chi connectivity index (χ4n) is 2.32. The molecule has 0 heterocycles. The Bertz CT molecular complexity index is 321. The second-order valence-electron chi connectivity index (χ2n) is 5.08. The largest absolute Gasteiger partial charge is 0.481 e. The predicted molar refractivity (Wildman–Crippen MR) is 66.0 cm³/mol. The highest BCUT2D eigenvalue weighted by Crippen LogP contribution is 2.36. The zero-order valence-electron chi connectivity index (χ0n) is 10.9. The summed E-state index contributed by atoms with van der Waals surface area (Å²) in [7, 11) is 1.43. The summed E-state index contributed by atoms with van der Waals surface area (Å²) in [6.45, 7) is 2.06. The minimum Gasteiger partial charge on any atom is -0.481 e. The molecule has 0 aromatic rings. The molecule has 1 aliphatic carbocycles. The van der Waals surface area contributed by atoms with E-state index in [0.29, 0.717) is 0 Å². The van der Waals surface area contributed by atoms with Gasteiger partial charge in [-0.3, -0.25) is 9.59 Å². The molecule has 3 unspecified atom stereocenters. The van der Waals surface area contributed by atoms with Gasteiger partial charge in [-0.05, 0) is 19.8 Å². The summed E-state index contributed by atoms with van der Waals surface area (Å²) in [6, 6.07) is -0.127. The van der Waals surface area contributed by atoms with Crippen molar-refractivity contribution in [1.82, 2.24) is 5.32 Å². The molecule has 1 rings (SSSR count). The van der Waals surface area contributed by atoms with Gasteiger partial charge in [0.05, 0.1) is 17.9 Å². The second-order valence-corrected chi connectivity index (χ2v) is 5.08. The molecule has 6 heteroatoms. The molecule has 1 aliphatic rings. The number of hydrogen-bond acceptors (Lipinski definition) is 4. The van der Waals surface area contributed by atoms with Crippen LogP contribution in [0.15, 0.2) is 0 Å². The molecule has 0 saturated heterocycles. The lowest BCUT2D eigenvalue weighted by atomic mass is 9.84.